The van der Waals surface area contributed by atoms with Crippen LogP contribution in [-0.2, 0) is 38.2 Å². The average molecular weight is 777 g/mol. The zero-order chi connectivity index (χ0) is 41.0. The third-order valence-corrected chi connectivity index (χ3v) is 6.55. The number of benzene rings is 4. The highest BCUT2D eigenvalue weighted by Crippen LogP contribution is 2.19. The van der Waals surface area contributed by atoms with Crippen molar-refractivity contribution in [1.82, 2.24) is 0 Å². The summed E-state index contributed by atoms with van der Waals surface area (Å²) in [4.78, 5) is 89.6. The standard InChI is InChI=1S/C18H14N2O10.C18H18N2O6/c21-16(9-10-17(22)29-14-5-1-12(2-6-14)19(24)25)28-11-18(23)30-15-7-3-13(4-8-15)20(26)27;19-12-1-5-14(6-2-12)25-17(22)10-9-16(21)24-11-18(23)26-15-7-3-13(20)4-8-15/h1-8H,9-11H2;1-8H,9-11,19-20H2. The van der Waals surface area contributed by atoms with Gasteiger partial charge in [0.05, 0.1) is 35.5 Å². The summed E-state index contributed by atoms with van der Waals surface area (Å²) in [5, 5.41) is 21.1. The number of nitrogen functional groups attached to an aromatic ring is 2. The normalized spacial score (nSPS) is 10.0. The maximum absolute atomic E-state index is 11.7. The second-order valence-corrected chi connectivity index (χ2v) is 10.9. The quantitative estimate of drug-likeness (QED) is 0.0533. The summed E-state index contributed by atoms with van der Waals surface area (Å²) in [6.45, 7) is -1.27. The zero-order valence-electron chi connectivity index (χ0n) is 29.1. The van der Waals surface area contributed by atoms with Crippen LogP contribution in [-0.4, -0.2) is 58.9 Å². The van der Waals surface area contributed by atoms with Crippen LogP contribution in [0.25, 0.3) is 0 Å². The van der Waals surface area contributed by atoms with Gasteiger partial charge >= 0.3 is 35.8 Å². The summed E-state index contributed by atoms with van der Waals surface area (Å²) in [6, 6.07) is 21.9. The van der Waals surface area contributed by atoms with Crippen molar-refractivity contribution in [3.63, 3.8) is 0 Å². The fourth-order valence-electron chi connectivity index (χ4n) is 3.86. The van der Waals surface area contributed by atoms with Crippen LogP contribution in [0, 0.1) is 20.2 Å². The van der Waals surface area contributed by atoms with E-state index in [9.17, 15) is 49.0 Å². The summed E-state index contributed by atoms with van der Waals surface area (Å²) in [5.41, 5.74) is 11.8. The van der Waals surface area contributed by atoms with Crippen LogP contribution in [0.3, 0.4) is 0 Å². The van der Waals surface area contributed by atoms with E-state index in [1.54, 1.807) is 36.4 Å². The number of hydrogen-bond acceptors (Lipinski definition) is 18. The van der Waals surface area contributed by atoms with Gasteiger partial charge in [-0.3, -0.25) is 39.4 Å². The van der Waals surface area contributed by atoms with E-state index >= 15 is 0 Å². The van der Waals surface area contributed by atoms with E-state index in [0.29, 0.717) is 17.1 Å². The molecule has 0 aliphatic carbocycles. The van der Waals surface area contributed by atoms with Crippen molar-refractivity contribution < 1.29 is 67.0 Å². The molecule has 0 bridgehead atoms. The number of ether oxygens (including phenoxy) is 6. The molecular weight excluding hydrogens is 744 g/mol. The van der Waals surface area contributed by atoms with E-state index in [2.05, 4.69) is 4.74 Å². The Balaban J connectivity index is 0.000000303. The second-order valence-electron chi connectivity index (χ2n) is 10.9. The lowest BCUT2D eigenvalue weighted by atomic mass is 10.3. The zero-order valence-corrected chi connectivity index (χ0v) is 29.1. The number of rotatable bonds is 16. The van der Waals surface area contributed by atoms with Crippen molar-refractivity contribution in [2.45, 2.75) is 25.7 Å². The Hall–Kier alpha value is -7.90. The Kier molecular flexibility index (Phi) is 16.4. The molecule has 20 nitrogen and oxygen atoms in total. The van der Waals surface area contributed by atoms with Crippen LogP contribution in [0.15, 0.2) is 97.1 Å². The van der Waals surface area contributed by atoms with Crippen LogP contribution in [0.4, 0.5) is 22.7 Å². The van der Waals surface area contributed by atoms with Gasteiger partial charge in [-0.2, -0.15) is 0 Å². The SMILES string of the molecule is Nc1ccc(OC(=O)CCC(=O)OCC(=O)Oc2ccc(N)cc2)cc1.O=C(CCC(=O)Oc1ccc([N+](=O)[O-])cc1)OCC(=O)Oc1ccc([N+](=O)[O-])cc1. The van der Waals surface area contributed by atoms with Crippen molar-refractivity contribution in [2.24, 2.45) is 0 Å². The van der Waals surface area contributed by atoms with Gasteiger partial charge in [-0.15, -0.1) is 0 Å². The smallest absolute Gasteiger partial charge is 0.349 e. The van der Waals surface area contributed by atoms with Crippen LogP contribution < -0.4 is 30.4 Å². The maximum Gasteiger partial charge on any atom is 0.349 e. The summed E-state index contributed by atoms with van der Waals surface area (Å²) >= 11 is 0. The predicted octanol–water partition coefficient (Wildman–Crippen LogP) is 4.02. The van der Waals surface area contributed by atoms with Crippen molar-refractivity contribution in [3.8, 4) is 23.0 Å². The number of carbonyl (C=O) groups excluding carboxylic acids is 6. The van der Waals surface area contributed by atoms with Crippen molar-refractivity contribution in [3.05, 3.63) is 117 Å². The molecule has 4 N–H and O–H groups in total. The molecule has 0 unspecified atom stereocenters. The molecule has 0 fully saturated rings. The molecular formula is C36H32N4O16. The number of carbonyl (C=O) groups is 6. The fourth-order valence-corrected chi connectivity index (χ4v) is 3.86. The highest BCUT2D eigenvalue weighted by Gasteiger charge is 2.16. The van der Waals surface area contributed by atoms with Gasteiger partial charge in [0.25, 0.3) is 11.4 Å². The third kappa shape index (κ3) is 16.2. The number of anilines is 2. The summed E-state index contributed by atoms with van der Waals surface area (Å²) < 4.78 is 29.2. The topological polar surface area (TPSA) is 296 Å². The number of esters is 6. The van der Waals surface area contributed by atoms with E-state index in [0.717, 1.165) is 24.3 Å². The molecule has 56 heavy (non-hydrogen) atoms. The molecule has 0 saturated heterocycles. The molecule has 0 radical (unpaired) electrons. The maximum atomic E-state index is 11.7. The summed E-state index contributed by atoms with van der Waals surface area (Å²) in [6.07, 6.45) is -1.11. The van der Waals surface area contributed by atoms with E-state index in [1.807, 2.05) is 0 Å². The van der Waals surface area contributed by atoms with Crippen LogP contribution >= 0.6 is 0 Å². The third-order valence-electron chi connectivity index (χ3n) is 6.55. The minimum absolute atomic E-state index is 0.0355. The number of nitrogens with zero attached hydrogens (tertiary/aromatic N) is 2. The Bertz CT molecular complexity index is 1880. The molecule has 4 aromatic rings. The number of nitro benzene ring substituents is 2. The van der Waals surface area contributed by atoms with Gasteiger partial charge in [0.2, 0.25) is 0 Å². The molecule has 292 valence electrons. The molecule has 20 heteroatoms. The van der Waals surface area contributed by atoms with Gasteiger partial charge < -0.3 is 39.9 Å². The van der Waals surface area contributed by atoms with Crippen LogP contribution in [0.1, 0.15) is 25.7 Å². The molecule has 0 saturated carbocycles. The molecule has 0 amide bonds. The first-order valence-electron chi connectivity index (χ1n) is 16.0. The lowest BCUT2D eigenvalue weighted by molar-refractivity contribution is -0.385. The Morgan fingerprint density at radius 1 is 0.411 bits per heavy atom. The monoisotopic (exact) mass is 776 g/mol. The van der Waals surface area contributed by atoms with Crippen LogP contribution in [0.2, 0.25) is 0 Å². The highest BCUT2D eigenvalue weighted by molar-refractivity contribution is 5.82. The first-order valence-corrected chi connectivity index (χ1v) is 16.0. The summed E-state index contributed by atoms with van der Waals surface area (Å²) in [7, 11) is 0. The van der Waals surface area contributed by atoms with Gasteiger partial charge in [-0.1, -0.05) is 0 Å². The van der Waals surface area contributed by atoms with Gasteiger partial charge in [0, 0.05) is 35.6 Å². The number of non-ortho nitro benzene ring substituents is 2. The number of hydrogen-bond donors (Lipinski definition) is 2. The first-order chi connectivity index (χ1) is 26.7. The molecule has 4 aromatic carbocycles. The van der Waals surface area contributed by atoms with Gasteiger partial charge in [0.1, 0.15) is 23.0 Å². The van der Waals surface area contributed by atoms with Crippen molar-refractivity contribution in [2.75, 3.05) is 24.7 Å². The average Bonchev–Trinajstić information content (AvgIpc) is 3.17. The Morgan fingerprint density at radius 3 is 0.946 bits per heavy atom. The minimum atomic E-state index is -0.911. The van der Waals surface area contributed by atoms with E-state index in [1.165, 1.54) is 36.4 Å². The van der Waals surface area contributed by atoms with E-state index in [-0.39, 0.29) is 54.3 Å². The number of nitrogens with two attached hydrogens (primary N) is 2. The molecule has 4 rings (SSSR count). The molecule has 0 aliphatic rings. The van der Waals surface area contributed by atoms with Crippen LogP contribution in [0.5, 0.6) is 23.0 Å². The predicted molar refractivity (Wildman–Crippen MR) is 191 cm³/mol. The fraction of sp³-hybridized carbons (Fsp3) is 0.167. The largest absolute Gasteiger partial charge is 0.454 e. The number of nitro groups is 2. The van der Waals surface area contributed by atoms with Crippen molar-refractivity contribution in [1.29, 1.82) is 0 Å². The first kappa shape index (κ1) is 42.5. The van der Waals surface area contributed by atoms with Crippen molar-refractivity contribution >= 4 is 58.6 Å². The molecule has 0 atom stereocenters. The summed E-state index contributed by atoms with van der Waals surface area (Å²) in [5.74, 6) is -3.87. The minimum Gasteiger partial charge on any atom is -0.454 e. The molecule has 0 aliphatic heterocycles. The highest BCUT2D eigenvalue weighted by atomic mass is 16.6. The Morgan fingerprint density at radius 2 is 0.661 bits per heavy atom. The van der Waals surface area contributed by atoms with Gasteiger partial charge in [-0.25, -0.2) is 9.59 Å². The lowest BCUT2D eigenvalue weighted by Crippen LogP contribution is -2.19. The van der Waals surface area contributed by atoms with E-state index in [4.69, 9.17) is 35.2 Å². The second kappa shape index (κ2) is 21.6. The molecule has 0 spiro atoms. The lowest BCUT2D eigenvalue weighted by Gasteiger charge is -2.06. The molecule has 0 heterocycles. The Labute approximate surface area is 316 Å². The molecule has 0 aromatic heterocycles. The van der Waals surface area contributed by atoms with Gasteiger partial charge in [-0.05, 0) is 72.8 Å². The van der Waals surface area contributed by atoms with Gasteiger partial charge in [0.15, 0.2) is 13.2 Å². The van der Waals surface area contributed by atoms with E-state index < -0.39 is 58.9 Å².